The Morgan fingerprint density at radius 2 is 2.20 bits per heavy atom. The normalized spacial score (nSPS) is 19.9. The van der Waals surface area contributed by atoms with Gasteiger partial charge < -0.3 is 10.2 Å². The third kappa shape index (κ3) is 6.87. The summed E-state index contributed by atoms with van der Waals surface area (Å²) in [6.07, 6.45) is 7.34. The summed E-state index contributed by atoms with van der Waals surface area (Å²) in [4.78, 5) is 7.27. The third-order valence-corrected chi connectivity index (χ3v) is 4.44. The molecule has 1 saturated heterocycles. The van der Waals surface area contributed by atoms with E-state index in [1.165, 1.54) is 44.5 Å². The van der Waals surface area contributed by atoms with Gasteiger partial charge in [-0.05, 0) is 56.5 Å². The maximum Gasteiger partial charge on any atom is 0.193 e. The molecule has 0 aromatic rings. The highest BCUT2D eigenvalue weighted by atomic mass is 32.2. The number of guanidine groups is 1. The summed E-state index contributed by atoms with van der Waals surface area (Å²) in [7, 11) is 0. The summed E-state index contributed by atoms with van der Waals surface area (Å²) in [5, 5.41) is 3.46. The van der Waals surface area contributed by atoms with Gasteiger partial charge in [0.15, 0.2) is 5.96 Å². The van der Waals surface area contributed by atoms with E-state index >= 15 is 0 Å². The Bertz CT molecular complexity index is 279. The van der Waals surface area contributed by atoms with E-state index in [2.05, 4.69) is 37.2 Å². The molecule has 0 radical (unpaired) electrons. The molecule has 1 atom stereocenters. The molecule has 1 fully saturated rings. The quantitative estimate of drug-likeness (QED) is 0.422. The molecule has 0 aliphatic carbocycles. The number of nitrogens with one attached hydrogen (secondary N) is 1. The lowest BCUT2D eigenvalue weighted by Crippen LogP contribution is -2.40. The Morgan fingerprint density at radius 1 is 1.40 bits per heavy atom. The van der Waals surface area contributed by atoms with Crippen LogP contribution in [0.4, 0.5) is 0 Å². The highest BCUT2D eigenvalue weighted by Crippen LogP contribution is 2.23. The molecule has 0 bridgehead atoms. The zero-order valence-corrected chi connectivity index (χ0v) is 14.6. The van der Waals surface area contributed by atoms with Gasteiger partial charge in [-0.15, -0.1) is 0 Å². The average Bonchev–Trinajstić information content (AvgIpc) is 2.84. The summed E-state index contributed by atoms with van der Waals surface area (Å²) in [6, 6.07) is 0. The highest BCUT2D eigenvalue weighted by molar-refractivity contribution is 7.98. The number of unbranched alkanes of at least 4 members (excludes halogenated alkanes) is 1. The first-order chi connectivity index (χ1) is 9.67. The minimum absolute atomic E-state index is 0.811. The van der Waals surface area contributed by atoms with E-state index in [1.54, 1.807) is 0 Å². The Morgan fingerprint density at radius 3 is 2.85 bits per heavy atom. The molecule has 1 rings (SSSR count). The largest absolute Gasteiger partial charge is 0.357 e. The minimum Gasteiger partial charge on any atom is -0.357 e. The molecule has 1 aliphatic heterocycles. The first kappa shape index (κ1) is 17.7. The number of thioether (sulfide) groups is 1. The van der Waals surface area contributed by atoms with E-state index in [4.69, 9.17) is 4.99 Å². The van der Waals surface area contributed by atoms with Crippen LogP contribution in [0.2, 0.25) is 0 Å². The van der Waals surface area contributed by atoms with Crippen LogP contribution in [0.1, 0.15) is 46.5 Å². The van der Waals surface area contributed by atoms with Crippen molar-refractivity contribution in [3.63, 3.8) is 0 Å². The number of rotatable bonds is 8. The summed E-state index contributed by atoms with van der Waals surface area (Å²) in [6.45, 7) is 11.1. The van der Waals surface area contributed by atoms with Gasteiger partial charge in [0, 0.05) is 26.2 Å². The molecular weight excluding hydrogens is 266 g/mol. The van der Waals surface area contributed by atoms with E-state index in [0.717, 1.165) is 30.9 Å². The summed E-state index contributed by atoms with van der Waals surface area (Å²) in [5.74, 6) is 4.07. The Kier molecular flexibility index (Phi) is 9.16. The van der Waals surface area contributed by atoms with Crippen LogP contribution in [0, 0.1) is 11.8 Å². The van der Waals surface area contributed by atoms with Gasteiger partial charge in [0.05, 0.1) is 0 Å². The Hall–Kier alpha value is -0.380. The van der Waals surface area contributed by atoms with Gasteiger partial charge >= 0.3 is 0 Å². The molecule has 20 heavy (non-hydrogen) atoms. The van der Waals surface area contributed by atoms with Crippen molar-refractivity contribution in [2.75, 3.05) is 38.2 Å². The standard InChI is InChI=1S/C16H33N3S/c1-5-17-16(18-9-6-7-11-20-4)19-10-8-15(13-19)12-14(2)3/h14-15H,5-13H2,1-4H3,(H,17,18). The van der Waals surface area contributed by atoms with Gasteiger partial charge in [0.2, 0.25) is 0 Å². The number of hydrogen-bond acceptors (Lipinski definition) is 2. The molecule has 1 unspecified atom stereocenters. The lowest BCUT2D eigenvalue weighted by Gasteiger charge is -2.22. The fourth-order valence-corrected chi connectivity index (χ4v) is 3.35. The Balaban J connectivity index is 2.39. The molecular formula is C16H33N3S. The molecule has 0 amide bonds. The smallest absolute Gasteiger partial charge is 0.193 e. The van der Waals surface area contributed by atoms with Gasteiger partial charge in [0.25, 0.3) is 0 Å². The molecule has 0 saturated carbocycles. The number of aliphatic imine (C=N–C) groups is 1. The summed E-state index contributed by atoms with van der Waals surface area (Å²) in [5.41, 5.74) is 0. The monoisotopic (exact) mass is 299 g/mol. The first-order valence-corrected chi connectivity index (χ1v) is 9.59. The minimum atomic E-state index is 0.811. The van der Waals surface area contributed by atoms with E-state index in [9.17, 15) is 0 Å². The van der Waals surface area contributed by atoms with Crippen molar-refractivity contribution in [2.24, 2.45) is 16.8 Å². The van der Waals surface area contributed by atoms with E-state index in [-0.39, 0.29) is 0 Å². The van der Waals surface area contributed by atoms with Crippen LogP contribution in [-0.2, 0) is 0 Å². The van der Waals surface area contributed by atoms with Crippen molar-refractivity contribution in [2.45, 2.75) is 46.5 Å². The van der Waals surface area contributed by atoms with Crippen LogP contribution < -0.4 is 5.32 Å². The Labute approximate surface area is 130 Å². The second-order valence-corrected chi connectivity index (χ2v) is 7.15. The number of nitrogens with zero attached hydrogens (tertiary/aromatic N) is 2. The van der Waals surface area contributed by atoms with Crippen molar-refractivity contribution >= 4 is 17.7 Å². The summed E-state index contributed by atoms with van der Waals surface area (Å²) < 4.78 is 0. The predicted octanol–water partition coefficient (Wildman–Crippen LogP) is 3.46. The van der Waals surface area contributed by atoms with Crippen LogP contribution in [0.5, 0.6) is 0 Å². The SMILES string of the molecule is CCNC(=NCCCCSC)N1CCC(CC(C)C)C1. The zero-order valence-electron chi connectivity index (χ0n) is 13.8. The molecule has 0 aromatic heterocycles. The highest BCUT2D eigenvalue weighted by Gasteiger charge is 2.25. The van der Waals surface area contributed by atoms with Gasteiger partial charge in [-0.1, -0.05) is 13.8 Å². The maximum absolute atomic E-state index is 4.80. The first-order valence-electron chi connectivity index (χ1n) is 8.19. The van der Waals surface area contributed by atoms with E-state index < -0.39 is 0 Å². The molecule has 0 aromatic carbocycles. The molecule has 1 heterocycles. The molecule has 118 valence electrons. The van der Waals surface area contributed by atoms with E-state index in [0.29, 0.717) is 0 Å². The van der Waals surface area contributed by atoms with Gasteiger partial charge in [-0.3, -0.25) is 4.99 Å². The van der Waals surface area contributed by atoms with Gasteiger partial charge in [-0.2, -0.15) is 11.8 Å². The molecule has 1 aliphatic rings. The molecule has 4 heteroatoms. The van der Waals surface area contributed by atoms with Crippen molar-refractivity contribution in [1.29, 1.82) is 0 Å². The van der Waals surface area contributed by atoms with Crippen molar-refractivity contribution < 1.29 is 0 Å². The second kappa shape index (κ2) is 10.4. The summed E-state index contributed by atoms with van der Waals surface area (Å²) >= 11 is 1.93. The van der Waals surface area contributed by atoms with E-state index in [1.807, 2.05) is 11.8 Å². The topological polar surface area (TPSA) is 27.6 Å². The number of hydrogen-bond donors (Lipinski definition) is 1. The van der Waals surface area contributed by atoms with Gasteiger partial charge in [-0.25, -0.2) is 0 Å². The second-order valence-electron chi connectivity index (χ2n) is 6.17. The van der Waals surface area contributed by atoms with Crippen LogP contribution in [0.15, 0.2) is 4.99 Å². The van der Waals surface area contributed by atoms with Crippen LogP contribution >= 0.6 is 11.8 Å². The van der Waals surface area contributed by atoms with Crippen molar-refractivity contribution in [1.82, 2.24) is 10.2 Å². The van der Waals surface area contributed by atoms with Crippen LogP contribution in [0.25, 0.3) is 0 Å². The maximum atomic E-state index is 4.80. The lowest BCUT2D eigenvalue weighted by molar-refractivity contribution is 0.403. The fraction of sp³-hybridized carbons (Fsp3) is 0.938. The average molecular weight is 300 g/mol. The van der Waals surface area contributed by atoms with Crippen LogP contribution in [0.3, 0.4) is 0 Å². The fourth-order valence-electron chi connectivity index (χ4n) is 2.85. The predicted molar refractivity (Wildman–Crippen MR) is 92.7 cm³/mol. The van der Waals surface area contributed by atoms with Crippen LogP contribution in [-0.4, -0.2) is 49.0 Å². The lowest BCUT2D eigenvalue weighted by atomic mass is 9.97. The van der Waals surface area contributed by atoms with Crippen molar-refractivity contribution in [3.05, 3.63) is 0 Å². The number of likely N-dealkylation sites (tertiary alicyclic amines) is 1. The van der Waals surface area contributed by atoms with Crippen molar-refractivity contribution in [3.8, 4) is 0 Å². The van der Waals surface area contributed by atoms with Gasteiger partial charge in [0.1, 0.15) is 0 Å². The zero-order chi connectivity index (χ0) is 14.8. The molecule has 1 N–H and O–H groups in total. The molecule has 0 spiro atoms. The third-order valence-electron chi connectivity index (χ3n) is 3.74. The molecule has 3 nitrogen and oxygen atoms in total.